The van der Waals surface area contributed by atoms with Crippen LogP contribution >= 0.6 is 0 Å². The fourth-order valence-corrected chi connectivity index (χ4v) is 2.00. The van der Waals surface area contributed by atoms with Crippen molar-refractivity contribution in [3.8, 4) is 11.5 Å². The fourth-order valence-electron chi connectivity index (χ4n) is 2.00. The summed E-state index contributed by atoms with van der Waals surface area (Å²) in [4.78, 5) is 11.3. The lowest BCUT2D eigenvalue weighted by Crippen LogP contribution is -1.99. The van der Waals surface area contributed by atoms with Gasteiger partial charge in [0.05, 0.1) is 0 Å². The van der Waals surface area contributed by atoms with Crippen molar-refractivity contribution < 1.29 is 9.53 Å². The van der Waals surface area contributed by atoms with Crippen molar-refractivity contribution in [3.05, 3.63) is 53.6 Å². The molecular weight excluding hydrogens is 250 g/mol. The van der Waals surface area contributed by atoms with E-state index in [1.807, 2.05) is 18.2 Å². The largest absolute Gasteiger partial charge is 0.457 e. The molecule has 3 heteroatoms. The Labute approximate surface area is 119 Å². The van der Waals surface area contributed by atoms with E-state index in [-0.39, 0.29) is 5.78 Å². The number of nitrogens with two attached hydrogens (primary N) is 1. The molecular formula is C17H19NO2. The average molecular weight is 269 g/mol. The van der Waals surface area contributed by atoms with E-state index in [0.717, 1.165) is 5.75 Å². The highest BCUT2D eigenvalue weighted by molar-refractivity contribution is 5.99. The summed E-state index contributed by atoms with van der Waals surface area (Å²) in [5.41, 5.74) is 8.03. The highest BCUT2D eigenvalue weighted by atomic mass is 16.5. The van der Waals surface area contributed by atoms with E-state index in [9.17, 15) is 4.79 Å². The first-order chi connectivity index (χ1) is 9.47. The average Bonchev–Trinajstić information content (AvgIpc) is 2.38. The van der Waals surface area contributed by atoms with Gasteiger partial charge in [0.2, 0.25) is 0 Å². The fraction of sp³-hybridized carbons (Fsp3) is 0.235. The number of hydrogen-bond acceptors (Lipinski definition) is 3. The predicted molar refractivity (Wildman–Crippen MR) is 81.5 cm³/mol. The van der Waals surface area contributed by atoms with Gasteiger partial charge >= 0.3 is 0 Å². The molecule has 2 rings (SSSR count). The Kier molecular flexibility index (Phi) is 4.08. The van der Waals surface area contributed by atoms with Crippen LogP contribution in [-0.2, 0) is 0 Å². The summed E-state index contributed by atoms with van der Waals surface area (Å²) >= 11 is 0. The Bertz CT molecular complexity index is 633. The second kappa shape index (κ2) is 5.78. The molecule has 2 aromatic carbocycles. The zero-order valence-electron chi connectivity index (χ0n) is 12.0. The minimum absolute atomic E-state index is 0.0455. The van der Waals surface area contributed by atoms with E-state index < -0.39 is 0 Å². The van der Waals surface area contributed by atoms with Crippen LogP contribution in [0.1, 0.15) is 42.6 Å². The van der Waals surface area contributed by atoms with Gasteiger partial charge in [0.25, 0.3) is 0 Å². The smallest absolute Gasteiger partial charge is 0.161 e. The molecule has 2 N–H and O–H groups in total. The summed E-state index contributed by atoms with van der Waals surface area (Å²) in [5, 5.41) is 0. The van der Waals surface area contributed by atoms with Crippen molar-refractivity contribution in [1.29, 1.82) is 0 Å². The second-order valence-electron chi connectivity index (χ2n) is 5.13. The maximum absolute atomic E-state index is 11.3. The third-order valence-corrected chi connectivity index (χ3v) is 3.16. The Hall–Kier alpha value is -2.29. The zero-order chi connectivity index (χ0) is 14.7. The molecule has 0 atom stereocenters. The van der Waals surface area contributed by atoms with Crippen molar-refractivity contribution in [1.82, 2.24) is 0 Å². The van der Waals surface area contributed by atoms with E-state index in [1.54, 1.807) is 18.2 Å². The lowest BCUT2D eigenvalue weighted by atomic mass is 10.0. The van der Waals surface area contributed by atoms with Gasteiger partial charge in [0.1, 0.15) is 11.5 Å². The molecule has 0 fully saturated rings. The molecule has 0 radical (unpaired) electrons. The molecule has 0 saturated carbocycles. The highest BCUT2D eigenvalue weighted by Gasteiger charge is 2.07. The van der Waals surface area contributed by atoms with Gasteiger partial charge in [-0.2, -0.15) is 0 Å². The minimum atomic E-state index is -0.0455. The first-order valence-electron chi connectivity index (χ1n) is 6.65. The van der Waals surface area contributed by atoms with Crippen molar-refractivity contribution in [2.45, 2.75) is 26.7 Å². The molecule has 0 bridgehead atoms. The van der Waals surface area contributed by atoms with Crippen LogP contribution in [0.4, 0.5) is 5.69 Å². The number of anilines is 1. The lowest BCUT2D eigenvalue weighted by molar-refractivity contribution is 0.101. The standard InChI is InChI=1S/C17H19NO2/c1-11(2)13-5-4-6-14(9-13)20-15-7-8-16(12(3)19)17(18)10-15/h4-11H,18H2,1-3H3. The molecule has 0 aliphatic rings. The van der Waals surface area contributed by atoms with Crippen LogP contribution < -0.4 is 10.5 Å². The van der Waals surface area contributed by atoms with Gasteiger partial charge < -0.3 is 10.5 Å². The number of carbonyl (C=O) groups excluding carboxylic acids is 1. The Morgan fingerprint density at radius 2 is 1.80 bits per heavy atom. The minimum Gasteiger partial charge on any atom is -0.457 e. The number of nitrogen functional groups attached to an aromatic ring is 1. The molecule has 20 heavy (non-hydrogen) atoms. The topological polar surface area (TPSA) is 52.3 Å². The van der Waals surface area contributed by atoms with Crippen molar-refractivity contribution in [2.75, 3.05) is 5.73 Å². The predicted octanol–water partition coefficient (Wildman–Crippen LogP) is 4.39. The summed E-state index contributed by atoms with van der Waals surface area (Å²) in [6.45, 7) is 5.77. The van der Waals surface area contributed by atoms with Gasteiger partial charge in [0, 0.05) is 17.3 Å². The van der Waals surface area contributed by atoms with Crippen molar-refractivity contribution in [3.63, 3.8) is 0 Å². The maximum atomic E-state index is 11.3. The molecule has 0 amide bonds. The molecule has 0 saturated heterocycles. The lowest BCUT2D eigenvalue weighted by Gasteiger charge is -2.11. The maximum Gasteiger partial charge on any atom is 0.161 e. The molecule has 0 aliphatic carbocycles. The quantitative estimate of drug-likeness (QED) is 0.661. The van der Waals surface area contributed by atoms with Crippen molar-refractivity contribution in [2.24, 2.45) is 0 Å². The van der Waals surface area contributed by atoms with E-state index in [2.05, 4.69) is 19.9 Å². The molecule has 0 unspecified atom stereocenters. The van der Waals surface area contributed by atoms with E-state index >= 15 is 0 Å². The van der Waals surface area contributed by atoms with Crippen LogP contribution in [0.5, 0.6) is 11.5 Å². The number of benzene rings is 2. The Morgan fingerprint density at radius 3 is 2.40 bits per heavy atom. The molecule has 104 valence electrons. The Morgan fingerprint density at radius 1 is 1.10 bits per heavy atom. The molecule has 2 aromatic rings. The third-order valence-electron chi connectivity index (χ3n) is 3.16. The van der Waals surface area contributed by atoms with Crippen LogP contribution in [0.2, 0.25) is 0 Å². The normalized spacial score (nSPS) is 10.6. The number of rotatable bonds is 4. The van der Waals surface area contributed by atoms with Gasteiger partial charge in [-0.05, 0) is 42.7 Å². The van der Waals surface area contributed by atoms with Gasteiger partial charge in [-0.25, -0.2) is 0 Å². The van der Waals surface area contributed by atoms with Crippen LogP contribution in [0.15, 0.2) is 42.5 Å². The number of hydrogen-bond donors (Lipinski definition) is 1. The number of ketones is 1. The molecule has 0 aliphatic heterocycles. The molecule has 3 nitrogen and oxygen atoms in total. The van der Waals surface area contributed by atoms with Crippen LogP contribution in [-0.4, -0.2) is 5.78 Å². The first kappa shape index (κ1) is 14.1. The van der Waals surface area contributed by atoms with Crippen LogP contribution in [0, 0.1) is 0 Å². The molecule has 0 heterocycles. The van der Waals surface area contributed by atoms with E-state index in [0.29, 0.717) is 22.9 Å². The zero-order valence-corrected chi connectivity index (χ0v) is 12.0. The van der Waals surface area contributed by atoms with Crippen molar-refractivity contribution >= 4 is 11.5 Å². The number of Topliss-reactive ketones (excluding diaryl/α,β-unsaturated/α-hetero) is 1. The number of carbonyl (C=O) groups is 1. The summed E-state index contributed by atoms with van der Waals surface area (Å²) in [5.74, 6) is 1.80. The summed E-state index contributed by atoms with van der Waals surface area (Å²) in [6.07, 6.45) is 0. The molecule has 0 spiro atoms. The second-order valence-corrected chi connectivity index (χ2v) is 5.13. The third kappa shape index (κ3) is 3.18. The van der Waals surface area contributed by atoms with E-state index in [1.165, 1.54) is 12.5 Å². The summed E-state index contributed by atoms with van der Waals surface area (Å²) in [6, 6.07) is 13.1. The summed E-state index contributed by atoms with van der Waals surface area (Å²) in [7, 11) is 0. The van der Waals surface area contributed by atoms with Crippen LogP contribution in [0.25, 0.3) is 0 Å². The SMILES string of the molecule is CC(=O)c1ccc(Oc2cccc(C(C)C)c2)cc1N. The monoisotopic (exact) mass is 269 g/mol. The van der Waals surface area contributed by atoms with Crippen LogP contribution in [0.3, 0.4) is 0 Å². The van der Waals surface area contributed by atoms with Gasteiger partial charge in [0.15, 0.2) is 5.78 Å². The molecule has 0 aromatic heterocycles. The van der Waals surface area contributed by atoms with Gasteiger partial charge in [-0.15, -0.1) is 0 Å². The highest BCUT2D eigenvalue weighted by Crippen LogP contribution is 2.27. The summed E-state index contributed by atoms with van der Waals surface area (Å²) < 4.78 is 5.79. The van der Waals surface area contributed by atoms with Gasteiger partial charge in [-0.1, -0.05) is 26.0 Å². The van der Waals surface area contributed by atoms with Gasteiger partial charge in [-0.3, -0.25) is 4.79 Å². The first-order valence-corrected chi connectivity index (χ1v) is 6.65. The number of ether oxygens (including phenoxy) is 1. The van der Waals surface area contributed by atoms with E-state index in [4.69, 9.17) is 10.5 Å². The Balaban J connectivity index is 2.24.